The number of rotatable bonds is 15. The Labute approximate surface area is 527 Å². The van der Waals surface area contributed by atoms with E-state index in [9.17, 15) is 28.8 Å². The fourth-order valence-electron chi connectivity index (χ4n) is 12.4. The molecule has 0 spiro atoms. The first-order valence-corrected chi connectivity index (χ1v) is 32.2. The Morgan fingerprint density at radius 3 is 0.889 bits per heavy atom. The van der Waals surface area contributed by atoms with E-state index >= 15 is 0 Å². The Balaban J connectivity index is 0.000000149. The van der Waals surface area contributed by atoms with Crippen LogP contribution in [0.1, 0.15) is 131 Å². The molecule has 0 bridgehead atoms. The summed E-state index contributed by atoms with van der Waals surface area (Å²) in [5, 5.41) is 8.23. The predicted molar refractivity (Wildman–Crippen MR) is 349 cm³/mol. The lowest BCUT2D eigenvalue weighted by Crippen LogP contribution is -2.34. The van der Waals surface area contributed by atoms with Crippen LogP contribution in [0.5, 0.6) is 0 Å². The summed E-state index contributed by atoms with van der Waals surface area (Å²) in [7, 11) is 0. The molecule has 18 heteroatoms. The van der Waals surface area contributed by atoms with E-state index in [1.54, 1.807) is 35.5 Å². The van der Waals surface area contributed by atoms with Crippen molar-refractivity contribution in [1.29, 1.82) is 0 Å². The lowest BCUT2D eigenvalue weighted by Gasteiger charge is -2.29. The van der Waals surface area contributed by atoms with Crippen molar-refractivity contribution in [2.24, 2.45) is 0 Å². The van der Waals surface area contributed by atoms with E-state index in [0.29, 0.717) is 36.9 Å². The van der Waals surface area contributed by atoms with Gasteiger partial charge in [0.2, 0.25) is 0 Å². The van der Waals surface area contributed by atoms with E-state index in [1.165, 1.54) is 6.42 Å². The Bertz CT molecular complexity index is 3480. The van der Waals surface area contributed by atoms with Crippen molar-refractivity contribution in [3.8, 4) is 0 Å². The number of aryl methyl sites for hydroxylation is 6. The first-order valence-electron chi connectivity index (χ1n) is 32.2. The maximum Gasteiger partial charge on any atom is 0.411 e. The molecule has 3 aliphatic heterocycles. The zero-order valence-electron chi connectivity index (χ0n) is 52.1. The molecule has 0 atom stereocenters. The molecule has 3 N–H and O–H groups in total. The van der Waals surface area contributed by atoms with Gasteiger partial charge >= 0.3 is 18.3 Å². The number of hydrogen-bond acceptors (Lipinski definition) is 12. The molecule has 6 aromatic carbocycles. The number of carbonyl (C=O) groups excluding carboxylic acids is 6. The number of nitrogens with one attached hydrogen (secondary N) is 3. The number of nitrogens with zero attached hydrogens (tertiary/aromatic N) is 3. The highest BCUT2D eigenvalue weighted by molar-refractivity contribution is 6.06. The Kier molecular flexibility index (Phi) is 22.7. The van der Waals surface area contributed by atoms with Crippen molar-refractivity contribution in [3.63, 3.8) is 0 Å². The van der Waals surface area contributed by atoms with Crippen molar-refractivity contribution in [2.45, 2.75) is 155 Å². The molecule has 0 radical (unpaired) electrons. The summed E-state index contributed by atoms with van der Waals surface area (Å²) in [5.41, 5.74) is 13.4. The van der Waals surface area contributed by atoms with Gasteiger partial charge in [-0.05, 0) is 192 Å². The Morgan fingerprint density at radius 1 is 0.344 bits per heavy atom. The highest BCUT2D eigenvalue weighted by Gasteiger charge is 2.32. The number of ether oxygens (including phenoxy) is 6. The molecule has 3 fully saturated rings. The molecule has 0 aromatic heterocycles. The zero-order valence-corrected chi connectivity index (χ0v) is 52.1. The van der Waals surface area contributed by atoms with E-state index in [4.69, 9.17) is 28.4 Å². The number of anilines is 9. The van der Waals surface area contributed by atoms with Gasteiger partial charge in [0.05, 0.1) is 72.3 Å². The number of para-hydroxylation sites is 3. The van der Waals surface area contributed by atoms with Crippen LogP contribution in [0, 0.1) is 0 Å². The van der Waals surface area contributed by atoms with Crippen molar-refractivity contribution >= 4 is 87.2 Å². The van der Waals surface area contributed by atoms with E-state index in [1.807, 2.05) is 109 Å². The SMILES string of the molecule is CCOC(=O)Nc1ccc2c(c1)N(C(=O)COC1CCC1)c1ccccc1CC2.CCOC(=O)Nc1ccc2c(c1)N(C(=O)COC1CCCC1)c1ccccc1CC2.CCOC(=O)Nc1ccc2c(c1)N(C(=O)COC1CCCCC1)c1ccccc1CC2. The third-order valence-electron chi connectivity index (χ3n) is 17.2. The number of carbonyl (C=O) groups is 6. The number of fused-ring (bicyclic) bond motifs is 6. The van der Waals surface area contributed by atoms with Gasteiger partial charge in [-0.3, -0.25) is 45.0 Å². The van der Waals surface area contributed by atoms with Crippen LogP contribution >= 0.6 is 0 Å². The van der Waals surface area contributed by atoms with Crippen LogP contribution in [0.2, 0.25) is 0 Å². The van der Waals surface area contributed by atoms with Gasteiger partial charge in [-0.15, -0.1) is 0 Å². The van der Waals surface area contributed by atoms with Gasteiger partial charge in [0.1, 0.15) is 19.8 Å². The van der Waals surface area contributed by atoms with Crippen LogP contribution in [0.15, 0.2) is 127 Å². The molecular formula is C72H84N6O12. The largest absolute Gasteiger partial charge is 0.450 e. The Hall–Kier alpha value is -8.58. The molecule has 90 heavy (non-hydrogen) atoms. The smallest absolute Gasteiger partial charge is 0.411 e. The summed E-state index contributed by atoms with van der Waals surface area (Å²) in [6, 6.07) is 41.0. The van der Waals surface area contributed by atoms with E-state index in [-0.39, 0.29) is 55.9 Å². The molecule has 3 saturated carbocycles. The molecule has 6 aliphatic rings. The van der Waals surface area contributed by atoms with Gasteiger partial charge < -0.3 is 28.4 Å². The number of amides is 6. The predicted octanol–water partition coefficient (Wildman–Crippen LogP) is 14.9. The summed E-state index contributed by atoms with van der Waals surface area (Å²) >= 11 is 0. The minimum Gasteiger partial charge on any atom is -0.450 e. The summed E-state index contributed by atoms with van der Waals surface area (Å²) in [6.07, 6.45) is 17.2. The van der Waals surface area contributed by atoms with Gasteiger partial charge in [-0.25, -0.2) is 14.4 Å². The van der Waals surface area contributed by atoms with E-state index in [0.717, 1.165) is 177 Å². The van der Waals surface area contributed by atoms with E-state index in [2.05, 4.69) is 34.1 Å². The molecule has 3 heterocycles. The van der Waals surface area contributed by atoms with Gasteiger partial charge in [0.25, 0.3) is 17.7 Å². The van der Waals surface area contributed by atoms with Crippen LogP contribution in [0.3, 0.4) is 0 Å². The lowest BCUT2D eigenvalue weighted by atomic mass is 9.96. The third kappa shape index (κ3) is 16.6. The fourth-order valence-corrected chi connectivity index (χ4v) is 12.4. The molecule has 3 aliphatic carbocycles. The fraction of sp³-hybridized carbons (Fsp3) is 0.417. The topological polar surface area (TPSA) is 204 Å². The van der Waals surface area contributed by atoms with E-state index < -0.39 is 18.3 Å². The van der Waals surface area contributed by atoms with Gasteiger partial charge in [0, 0.05) is 17.1 Å². The van der Waals surface area contributed by atoms with Gasteiger partial charge in [0.15, 0.2) is 0 Å². The van der Waals surface area contributed by atoms with Crippen LogP contribution in [0.4, 0.5) is 65.6 Å². The first kappa shape index (κ1) is 64.4. The standard InChI is InChI=1S/C25H30N2O4.C24H28N2O4.C23H26N2O4/c1-2-30-25(29)26-20-15-14-19-13-12-18-8-6-7-11-22(18)27(23(19)16-20)24(28)17-31-21-9-4-3-5-10-21;1-2-29-24(28)25-19-14-13-18-12-11-17-7-3-6-10-21(17)26(22(18)15-19)23(27)16-30-20-8-4-5-9-20;1-2-28-23(27)24-18-13-12-17-11-10-16-6-3-4-9-20(16)25(21(17)14-18)22(26)15-29-19-7-5-8-19/h6-8,11,14-16,21H,2-5,9-10,12-13,17H2,1H3,(H,26,29);3,6-7,10,13-15,20H,2,4-5,8-9,11-12,16H2,1H3,(H,25,28);3-4,6,9,12-14,19H,2,5,7-8,10-11,15H2,1H3,(H,24,27). The van der Waals surface area contributed by atoms with Crippen LogP contribution < -0.4 is 30.7 Å². The number of benzene rings is 6. The summed E-state index contributed by atoms with van der Waals surface area (Å²) in [4.78, 5) is 80.9. The van der Waals surface area contributed by atoms with Crippen LogP contribution in [0.25, 0.3) is 0 Å². The molecule has 474 valence electrons. The molecule has 0 unspecified atom stereocenters. The summed E-state index contributed by atoms with van der Waals surface area (Å²) in [6.45, 7) is 6.33. The molecule has 6 aromatic rings. The average Bonchev–Trinajstić information content (AvgIpc) is 3.95. The van der Waals surface area contributed by atoms with Gasteiger partial charge in [-0.1, -0.05) is 105 Å². The van der Waals surface area contributed by atoms with Crippen molar-refractivity contribution in [1.82, 2.24) is 0 Å². The van der Waals surface area contributed by atoms with Crippen LogP contribution in [-0.2, 0) is 81.3 Å². The monoisotopic (exact) mass is 1220 g/mol. The van der Waals surface area contributed by atoms with Crippen molar-refractivity contribution in [3.05, 3.63) is 161 Å². The average molecular weight is 1230 g/mol. The lowest BCUT2D eigenvalue weighted by molar-refractivity contribution is -0.126. The quantitative estimate of drug-likeness (QED) is 0.0822. The second kappa shape index (κ2) is 31.7. The maximum absolute atomic E-state index is 13.4. The van der Waals surface area contributed by atoms with Crippen LogP contribution in [-0.4, -0.2) is 94.0 Å². The number of hydrogen-bond donors (Lipinski definition) is 3. The highest BCUT2D eigenvalue weighted by Crippen LogP contribution is 2.42. The second-order valence-corrected chi connectivity index (χ2v) is 23.3. The summed E-state index contributed by atoms with van der Waals surface area (Å²) < 4.78 is 32.7. The Morgan fingerprint density at radius 2 is 0.611 bits per heavy atom. The van der Waals surface area contributed by atoms with Gasteiger partial charge in [-0.2, -0.15) is 0 Å². The minimum absolute atomic E-state index is 0.0496. The second-order valence-electron chi connectivity index (χ2n) is 23.3. The third-order valence-corrected chi connectivity index (χ3v) is 17.2. The zero-order chi connectivity index (χ0) is 62.8. The molecular weight excluding hydrogens is 1140 g/mol. The van der Waals surface area contributed by atoms with Crippen molar-refractivity contribution < 1.29 is 57.2 Å². The van der Waals surface area contributed by atoms with Crippen molar-refractivity contribution in [2.75, 3.05) is 70.3 Å². The normalized spacial score (nSPS) is 15.8. The first-order chi connectivity index (χ1) is 44.0. The molecule has 12 rings (SSSR count). The highest BCUT2D eigenvalue weighted by atomic mass is 16.6. The molecule has 6 amide bonds. The minimum atomic E-state index is -0.507. The molecule has 0 saturated heterocycles. The molecule has 18 nitrogen and oxygen atoms in total. The maximum atomic E-state index is 13.4. The summed E-state index contributed by atoms with van der Waals surface area (Å²) in [5.74, 6) is -0.277.